The average Bonchev–Trinajstić information content (AvgIpc) is 2.63. The molecule has 5 nitrogen and oxygen atoms in total. The Bertz CT molecular complexity index is 796. The number of ether oxygens (including phenoxy) is 2. The third kappa shape index (κ3) is 6.73. The molecule has 0 fully saturated rings. The lowest BCUT2D eigenvalue weighted by Crippen LogP contribution is -2.39. The second-order valence-electron chi connectivity index (χ2n) is 6.04. The highest BCUT2D eigenvalue weighted by molar-refractivity contribution is 7.80. The van der Waals surface area contributed by atoms with Gasteiger partial charge >= 0.3 is 5.97 Å². The predicted molar refractivity (Wildman–Crippen MR) is 113 cm³/mol. The highest BCUT2D eigenvalue weighted by Gasteiger charge is 2.13. The Hall–Kier alpha value is -2.31. The van der Waals surface area contributed by atoms with Crippen LogP contribution in [0.15, 0.2) is 42.5 Å². The van der Waals surface area contributed by atoms with Gasteiger partial charge in [-0.1, -0.05) is 29.3 Å². The molecule has 0 saturated carbocycles. The molecule has 2 aromatic carbocycles. The first-order valence-corrected chi connectivity index (χ1v) is 9.41. The van der Waals surface area contributed by atoms with Crippen molar-refractivity contribution in [2.24, 2.45) is 0 Å². The molecule has 0 bridgehead atoms. The van der Waals surface area contributed by atoms with Crippen LogP contribution in [0.3, 0.4) is 0 Å². The van der Waals surface area contributed by atoms with Crippen LogP contribution in [-0.4, -0.2) is 30.3 Å². The second kappa shape index (κ2) is 10.1. The van der Waals surface area contributed by atoms with Crippen LogP contribution in [0.1, 0.15) is 29.8 Å². The molecule has 0 aliphatic rings. The van der Waals surface area contributed by atoms with Crippen molar-refractivity contribution in [1.82, 2.24) is 5.32 Å². The zero-order valence-electron chi connectivity index (χ0n) is 15.5. The highest BCUT2D eigenvalue weighted by Crippen LogP contribution is 2.21. The quantitative estimate of drug-likeness (QED) is 0.518. The molecule has 144 valence electrons. The molecule has 7 heteroatoms. The topological polar surface area (TPSA) is 59.6 Å². The number of esters is 1. The lowest BCUT2D eigenvalue weighted by molar-refractivity contribution is 0.0526. The number of hydrogen-bond donors (Lipinski definition) is 2. The molecule has 0 aromatic heterocycles. The smallest absolute Gasteiger partial charge is 0.339 e. The molecule has 0 amide bonds. The van der Waals surface area contributed by atoms with E-state index in [0.29, 0.717) is 28.0 Å². The van der Waals surface area contributed by atoms with Gasteiger partial charge in [-0.15, -0.1) is 0 Å². The summed E-state index contributed by atoms with van der Waals surface area (Å²) in [5, 5.41) is 6.94. The highest BCUT2D eigenvalue weighted by atomic mass is 35.5. The van der Waals surface area contributed by atoms with Gasteiger partial charge < -0.3 is 20.1 Å². The van der Waals surface area contributed by atoms with Gasteiger partial charge in [-0.05, 0) is 63.3 Å². The average molecular weight is 407 g/mol. The van der Waals surface area contributed by atoms with Crippen LogP contribution in [0.4, 0.5) is 5.69 Å². The predicted octanol–water partition coefficient (Wildman–Crippen LogP) is 4.58. The van der Waals surface area contributed by atoms with E-state index < -0.39 is 5.97 Å². The van der Waals surface area contributed by atoms with Gasteiger partial charge in [-0.3, -0.25) is 0 Å². The molecule has 0 aliphatic carbocycles. The van der Waals surface area contributed by atoms with E-state index in [1.165, 1.54) is 5.56 Å². The first-order chi connectivity index (χ1) is 12.9. The van der Waals surface area contributed by atoms with E-state index in [-0.39, 0.29) is 12.6 Å². The molecule has 0 spiro atoms. The van der Waals surface area contributed by atoms with Gasteiger partial charge in [0.25, 0.3) is 0 Å². The number of carbonyl (C=O) groups is 1. The molecule has 0 heterocycles. The monoisotopic (exact) mass is 406 g/mol. The van der Waals surface area contributed by atoms with Crippen molar-refractivity contribution in [1.29, 1.82) is 0 Å². The molecular formula is C20H23ClN2O3S. The van der Waals surface area contributed by atoms with E-state index in [9.17, 15) is 4.79 Å². The van der Waals surface area contributed by atoms with E-state index in [0.717, 1.165) is 5.75 Å². The van der Waals surface area contributed by atoms with Crippen LogP contribution < -0.4 is 15.4 Å². The summed E-state index contributed by atoms with van der Waals surface area (Å²) in [7, 11) is 0. The van der Waals surface area contributed by atoms with Crippen LogP contribution in [0.2, 0.25) is 5.02 Å². The summed E-state index contributed by atoms with van der Waals surface area (Å²) >= 11 is 11.4. The Morgan fingerprint density at radius 2 is 1.93 bits per heavy atom. The fourth-order valence-corrected chi connectivity index (χ4v) is 2.77. The van der Waals surface area contributed by atoms with E-state index in [2.05, 4.69) is 10.6 Å². The van der Waals surface area contributed by atoms with Crippen LogP contribution >= 0.6 is 23.8 Å². The van der Waals surface area contributed by atoms with Gasteiger partial charge in [-0.25, -0.2) is 4.79 Å². The van der Waals surface area contributed by atoms with Crippen molar-refractivity contribution >= 4 is 40.6 Å². The lowest BCUT2D eigenvalue weighted by atomic mass is 10.2. The molecule has 1 atom stereocenters. The summed E-state index contributed by atoms with van der Waals surface area (Å²) in [4.78, 5) is 11.9. The number of benzene rings is 2. The maximum Gasteiger partial charge on any atom is 0.339 e. The number of halogens is 1. The Morgan fingerprint density at radius 1 is 1.22 bits per heavy atom. The third-order valence-corrected chi connectivity index (χ3v) is 4.17. The number of carbonyl (C=O) groups excluding carboxylic acids is 1. The summed E-state index contributed by atoms with van der Waals surface area (Å²) in [6.07, 6.45) is 0. The minimum Gasteiger partial charge on any atom is -0.491 e. The van der Waals surface area contributed by atoms with E-state index in [4.69, 9.17) is 33.3 Å². The Morgan fingerprint density at radius 3 is 2.59 bits per heavy atom. The van der Waals surface area contributed by atoms with Crippen LogP contribution in [0, 0.1) is 6.92 Å². The van der Waals surface area contributed by atoms with Gasteiger partial charge in [-0.2, -0.15) is 0 Å². The normalized spacial score (nSPS) is 11.4. The number of hydrogen-bond acceptors (Lipinski definition) is 4. The Labute approximate surface area is 170 Å². The van der Waals surface area contributed by atoms with Crippen LogP contribution in [-0.2, 0) is 4.74 Å². The van der Waals surface area contributed by atoms with E-state index in [1.807, 2.05) is 38.1 Å². The summed E-state index contributed by atoms with van der Waals surface area (Å²) in [6, 6.07) is 12.8. The zero-order valence-corrected chi connectivity index (χ0v) is 17.1. The van der Waals surface area contributed by atoms with Crippen molar-refractivity contribution in [3.63, 3.8) is 0 Å². The maximum absolute atomic E-state index is 11.9. The third-order valence-electron chi connectivity index (χ3n) is 3.62. The van der Waals surface area contributed by atoms with Gasteiger partial charge in [0.05, 0.1) is 23.2 Å². The Balaban J connectivity index is 1.88. The van der Waals surface area contributed by atoms with Gasteiger partial charge in [0.2, 0.25) is 0 Å². The minimum absolute atomic E-state index is 0.0110. The number of nitrogens with one attached hydrogen (secondary N) is 2. The summed E-state index contributed by atoms with van der Waals surface area (Å²) in [6.45, 7) is 6.48. The van der Waals surface area contributed by atoms with Gasteiger partial charge in [0, 0.05) is 5.69 Å². The number of aryl methyl sites for hydroxylation is 1. The molecular weight excluding hydrogens is 384 g/mol. The van der Waals surface area contributed by atoms with Crippen LogP contribution in [0.5, 0.6) is 5.75 Å². The van der Waals surface area contributed by atoms with Crippen molar-refractivity contribution in [2.75, 3.05) is 18.5 Å². The van der Waals surface area contributed by atoms with Crippen LogP contribution in [0.25, 0.3) is 0 Å². The summed E-state index contributed by atoms with van der Waals surface area (Å²) in [5.41, 5.74) is 2.12. The molecule has 2 rings (SSSR count). The largest absolute Gasteiger partial charge is 0.491 e. The summed E-state index contributed by atoms with van der Waals surface area (Å²) in [5.74, 6) is 0.342. The van der Waals surface area contributed by atoms with Crippen molar-refractivity contribution in [3.05, 3.63) is 58.6 Å². The summed E-state index contributed by atoms with van der Waals surface area (Å²) < 4.78 is 10.7. The standard InChI is InChI=1S/C20H23ClN2O3S/c1-4-25-19(24)17-11-15(7-10-18(17)21)23-20(27)22-14(3)12-26-16-8-5-13(2)6-9-16/h5-11,14H,4,12H2,1-3H3,(H2,22,23,27). The second-order valence-corrected chi connectivity index (χ2v) is 6.85. The van der Waals surface area contributed by atoms with E-state index >= 15 is 0 Å². The number of thiocarbonyl (C=S) groups is 1. The molecule has 1 unspecified atom stereocenters. The minimum atomic E-state index is -0.468. The van der Waals surface area contributed by atoms with Crippen molar-refractivity contribution in [3.8, 4) is 5.75 Å². The molecule has 0 radical (unpaired) electrons. The van der Waals surface area contributed by atoms with E-state index in [1.54, 1.807) is 25.1 Å². The van der Waals surface area contributed by atoms with Gasteiger partial charge in [0.15, 0.2) is 5.11 Å². The van der Waals surface area contributed by atoms with Crippen molar-refractivity contribution < 1.29 is 14.3 Å². The first kappa shape index (κ1) is 21.0. The zero-order chi connectivity index (χ0) is 19.8. The van der Waals surface area contributed by atoms with Gasteiger partial charge in [0.1, 0.15) is 12.4 Å². The molecule has 27 heavy (non-hydrogen) atoms. The number of anilines is 1. The maximum atomic E-state index is 11.9. The molecule has 0 aliphatic heterocycles. The first-order valence-electron chi connectivity index (χ1n) is 8.62. The fraction of sp³-hybridized carbons (Fsp3) is 0.300. The SMILES string of the molecule is CCOC(=O)c1cc(NC(=S)NC(C)COc2ccc(C)cc2)ccc1Cl. The number of rotatable bonds is 7. The molecule has 2 aromatic rings. The molecule has 2 N–H and O–H groups in total. The van der Waals surface area contributed by atoms with Crippen molar-refractivity contribution in [2.45, 2.75) is 26.8 Å². The molecule has 0 saturated heterocycles. The fourth-order valence-electron chi connectivity index (χ4n) is 2.26. The Kier molecular flexibility index (Phi) is 7.88. The lowest BCUT2D eigenvalue weighted by Gasteiger charge is -2.18.